The molecule has 0 amide bonds. The number of nitrogens with one attached hydrogen (secondary N) is 1. The van der Waals surface area contributed by atoms with E-state index in [0.717, 1.165) is 10.8 Å². The zero-order valence-corrected chi connectivity index (χ0v) is 11.4. The maximum atomic E-state index is 11.7. The number of hydrogen-bond donors (Lipinski definition) is 3. The van der Waals surface area contributed by atoms with Crippen molar-refractivity contribution in [3.63, 3.8) is 0 Å². The Morgan fingerprint density at radius 1 is 1.48 bits per heavy atom. The minimum absolute atomic E-state index is 0.0498. The minimum atomic E-state index is -4.32. The molecular weight excluding hydrogens is 303 g/mol. The molecule has 0 bridgehead atoms. The number of rotatable bonds is 4. The van der Waals surface area contributed by atoms with E-state index >= 15 is 0 Å². The summed E-state index contributed by atoms with van der Waals surface area (Å²) in [6, 6.07) is 0. The van der Waals surface area contributed by atoms with Gasteiger partial charge >= 0.3 is 13.3 Å². The first-order valence-corrected chi connectivity index (χ1v) is 7.42. The Balaban J connectivity index is 2.15. The third-order valence-electron chi connectivity index (χ3n) is 2.51. The fourth-order valence-corrected chi connectivity index (χ4v) is 1.96. The fraction of sp³-hybridized carbons (Fsp3) is 0.273. The number of terminal acetylenes is 1. The number of aromatic nitrogens is 2. The van der Waals surface area contributed by atoms with E-state index in [1.165, 1.54) is 12.2 Å². The van der Waals surface area contributed by atoms with E-state index < -0.39 is 37.7 Å². The van der Waals surface area contributed by atoms with Crippen LogP contribution in [-0.2, 0) is 14.0 Å². The molecule has 112 valence electrons. The van der Waals surface area contributed by atoms with Crippen LogP contribution in [-0.4, -0.2) is 32.0 Å². The van der Waals surface area contributed by atoms with Crippen molar-refractivity contribution in [2.45, 2.75) is 12.5 Å². The Morgan fingerprint density at radius 2 is 2.19 bits per heavy atom. The van der Waals surface area contributed by atoms with Crippen molar-refractivity contribution in [1.29, 1.82) is 0 Å². The average Bonchev–Trinajstić information content (AvgIpc) is 2.84. The Hall–Kier alpha value is -1.95. The highest BCUT2D eigenvalue weighted by Gasteiger charge is 2.25. The van der Waals surface area contributed by atoms with Gasteiger partial charge in [-0.1, -0.05) is 5.92 Å². The molecule has 1 aromatic rings. The van der Waals surface area contributed by atoms with Crippen molar-refractivity contribution in [2.75, 3.05) is 6.35 Å². The molecule has 9 nitrogen and oxygen atoms in total. The highest BCUT2D eigenvalue weighted by molar-refractivity contribution is 7.51. The van der Waals surface area contributed by atoms with Crippen LogP contribution < -0.4 is 11.2 Å². The van der Waals surface area contributed by atoms with Crippen molar-refractivity contribution >= 4 is 7.60 Å². The molecule has 0 saturated heterocycles. The van der Waals surface area contributed by atoms with Crippen LogP contribution in [0.5, 0.6) is 0 Å². The fourth-order valence-electron chi connectivity index (χ4n) is 1.61. The molecule has 21 heavy (non-hydrogen) atoms. The summed E-state index contributed by atoms with van der Waals surface area (Å²) in [5.41, 5.74) is -1.47. The van der Waals surface area contributed by atoms with Gasteiger partial charge in [-0.15, -0.1) is 6.42 Å². The van der Waals surface area contributed by atoms with Gasteiger partial charge < -0.3 is 19.3 Å². The van der Waals surface area contributed by atoms with Gasteiger partial charge in [0.25, 0.3) is 5.56 Å². The SMILES string of the molecule is C#Cc1cn(C2C=CC(OCP(=O)(O)O)O2)c(=O)[nH]c1=O. The first kappa shape index (κ1) is 15.4. The zero-order valence-electron chi connectivity index (χ0n) is 10.5. The smallest absolute Gasteiger partial charge is 0.336 e. The number of nitrogens with zero attached hydrogens (tertiary/aromatic N) is 1. The van der Waals surface area contributed by atoms with Crippen LogP contribution in [0.25, 0.3) is 0 Å². The van der Waals surface area contributed by atoms with E-state index in [1.54, 1.807) is 0 Å². The predicted octanol–water partition coefficient (Wildman–Crippen LogP) is -0.919. The van der Waals surface area contributed by atoms with E-state index in [9.17, 15) is 14.2 Å². The van der Waals surface area contributed by atoms with E-state index in [4.69, 9.17) is 25.7 Å². The predicted molar refractivity (Wildman–Crippen MR) is 70.3 cm³/mol. The van der Waals surface area contributed by atoms with Crippen molar-refractivity contribution in [3.05, 3.63) is 44.8 Å². The maximum Gasteiger partial charge on any atom is 0.351 e. The van der Waals surface area contributed by atoms with Crippen molar-refractivity contribution in [1.82, 2.24) is 9.55 Å². The Kier molecular flexibility index (Phi) is 4.27. The molecule has 2 heterocycles. The van der Waals surface area contributed by atoms with Crippen molar-refractivity contribution in [2.24, 2.45) is 0 Å². The molecule has 1 aliphatic heterocycles. The molecule has 2 rings (SSSR count). The van der Waals surface area contributed by atoms with Gasteiger partial charge in [-0.3, -0.25) is 18.9 Å². The van der Waals surface area contributed by atoms with Crippen LogP contribution >= 0.6 is 7.60 Å². The lowest BCUT2D eigenvalue weighted by Gasteiger charge is -2.16. The molecular formula is C11H11N2O7P. The summed E-state index contributed by atoms with van der Waals surface area (Å²) < 4.78 is 21.8. The third kappa shape index (κ3) is 3.78. The van der Waals surface area contributed by atoms with E-state index in [-0.39, 0.29) is 5.56 Å². The monoisotopic (exact) mass is 314 g/mol. The Labute approximate surface area is 118 Å². The molecule has 0 fully saturated rings. The van der Waals surface area contributed by atoms with Crippen LogP contribution in [0.4, 0.5) is 0 Å². The summed E-state index contributed by atoms with van der Waals surface area (Å²) in [6.45, 7) is 0. The summed E-state index contributed by atoms with van der Waals surface area (Å²) in [6.07, 6.45) is 6.37. The first-order chi connectivity index (χ1) is 9.80. The third-order valence-corrected chi connectivity index (χ3v) is 3.00. The summed E-state index contributed by atoms with van der Waals surface area (Å²) in [5, 5.41) is 0. The van der Waals surface area contributed by atoms with Crippen LogP contribution in [0.2, 0.25) is 0 Å². The van der Waals surface area contributed by atoms with Crippen LogP contribution in [0.15, 0.2) is 27.9 Å². The highest BCUT2D eigenvalue weighted by atomic mass is 31.2. The Morgan fingerprint density at radius 3 is 2.81 bits per heavy atom. The van der Waals surface area contributed by atoms with Crippen molar-refractivity contribution in [3.8, 4) is 12.3 Å². The topological polar surface area (TPSA) is 131 Å². The number of hydrogen-bond acceptors (Lipinski definition) is 5. The minimum Gasteiger partial charge on any atom is -0.336 e. The van der Waals surface area contributed by atoms with Crippen molar-refractivity contribution < 1.29 is 23.8 Å². The molecule has 0 aromatic carbocycles. The molecule has 0 saturated carbocycles. The summed E-state index contributed by atoms with van der Waals surface area (Å²) in [5.74, 6) is 2.13. The first-order valence-electron chi connectivity index (χ1n) is 5.62. The lowest BCUT2D eigenvalue weighted by molar-refractivity contribution is -0.127. The van der Waals surface area contributed by atoms with Gasteiger partial charge in [-0.05, 0) is 12.2 Å². The standard InChI is InChI=1S/C11H11N2O7P/c1-2-7-5-13(11(15)12-10(7)14)8-3-4-9(20-8)19-6-21(16,17)18/h1,3-5,8-9H,6H2,(H,12,14,15)(H2,16,17,18). The molecule has 0 radical (unpaired) electrons. The largest absolute Gasteiger partial charge is 0.351 e. The molecule has 2 atom stereocenters. The molecule has 1 aliphatic rings. The normalized spacial score (nSPS) is 21.4. The number of ether oxygens (including phenoxy) is 2. The second kappa shape index (κ2) is 5.81. The van der Waals surface area contributed by atoms with Gasteiger partial charge in [0.05, 0.1) is 0 Å². The number of aromatic amines is 1. The quantitative estimate of drug-likeness (QED) is 0.372. The van der Waals surface area contributed by atoms with Crippen LogP contribution in [0, 0.1) is 12.3 Å². The molecule has 2 unspecified atom stereocenters. The second-order valence-electron chi connectivity index (χ2n) is 4.09. The van der Waals surface area contributed by atoms with E-state index in [0.29, 0.717) is 0 Å². The van der Waals surface area contributed by atoms with Gasteiger partial charge in [0.2, 0.25) is 0 Å². The maximum absolute atomic E-state index is 11.7. The lowest BCUT2D eigenvalue weighted by Crippen LogP contribution is -2.33. The van der Waals surface area contributed by atoms with E-state index in [2.05, 4.69) is 5.92 Å². The van der Waals surface area contributed by atoms with Crippen LogP contribution in [0.3, 0.4) is 0 Å². The van der Waals surface area contributed by atoms with Gasteiger partial charge in [-0.2, -0.15) is 0 Å². The molecule has 10 heteroatoms. The lowest BCUT2D eigenvalue weighted by atomic mass is 10.3. The second-order valence-corrected chi connectivity index (χ2v) is 5.68. The number of H-pyrrole nitrogens is 1. The molecule has 1 aromatic heterocycles. The zero-order chi connectivity index (χ0) is 15.6. The van der Waals surface area contributed by atoms with Gasteiger partial charge in [-0.25, -0.2) is 4.79 Å². The molecule has 0 spiro atoms. The van der Waals surface area contributed by atoms with E-state index in [1.807, 2.05) is 4.98 Å². The van der Waals surface area contributed by atoms with Crippen LogP contribution in [0.1, 0.15) is 11.8 Å². The van der Waals surface area contributed by atoms with Gasteiger partial charge in [0.1, 0.15) is 5.56 Å². The summed E-state index contributed by atoms with van der Waals surface area (Å²) in [7, 11) is -4.32. The van der Waals surface area contributed by atoms with Gasteiger partial charge in [0.15, 0.2) is 18.9 Å². The van der Waals surface area contributed by atoms with Gasteiger partial charge in [0, 0.05) is 6.20 Å². The highest BCUT2D eigenvalue weighted by Crippen LogP contribution is 2.35. The Bertz CT molecular complexity index is 766. The summed E-state index contributed by atoms with van der Waals surface area (Å²) >= 11 is 0. The average molecular weight is 314 g/mol. The molecule has 0 aliphatic carbocycles. The molecule has 3 N–H and O–H groups in total. The summed E-state index contributed by atoms with van der Waals surface area (Å²) in [4.78, 5) is 42.4.